The van der Waals surface area contributed by atoms with Crippen LogP contribution in [0.15, 0.2) is 36.4 Å². The molecule has 32 heavy (non-hydrogen) atoms. The molecule has 2 unspecified atom stereocenters. The van der Waals surface area contributed by atoms with E-state index >= 15 is 0 Å². The lowest BCUT2D eigenvalue weighted by atomic mass is 9.85. The molecule has 0 radical (unpaired) electrons. The zero-order valence-electron chi connectivity index (χ0n) is 19.9. The molecule has 2 rings (SSSR count). The molecule has 0 bridgehead atoms. The maximum Gasteiger partial charge on any atom is 0.511 e. The van der Waals surface area contributed by atoms with E-state index < -0.39 is 17.3 Å². The van der Waals surface area contributed by atoms with Crippen LogP contribution >= 0.6 is 23.2 Å². The molecule has 0 heterocycles. The molecule has 2 aromatic carbocycles. The maximum absolute atomic E-state index is 12.4. The largest absolute Gasteiger partial charge is 0.511 e. The van der Waals surface area contributed by atoms with Crippen molar-refractivity contribution in [2.45, 2.75) is 63.5 Å². The Morgan fingerprint density at radius 2 is 1.06 bits per heavy atom. The monoisotopic (exact) mass is 482 g/mol. The van der Waals surface area contributed by atoms with E-state index in [0.717, 1.165) is 22.6 Å². The molecule has 0 aliphatic heterocycles. The summed E-state index contributed by atoms with van der Waals surface area (Å²) in [4.78, 5) is 12.4. The molecule has 2 atom stereocenters. The van der Waals surface area contributed by atoms with E-state index in [1.165, 1.54) is 0 Å². The Bertz CT molecular complexity index is 869. The zero-order chi connectivity index (χ0) is 24.3. The number of methoxy groups -OCH3 is 2. The van der Waals surface area contributed by atoms with Crippen molar-refractivity contribution < 1.29 is 23.7 Å². The quantitative estimate of drug-likeness (QED) is 0.312. The maximum atomic E-state index is 12.4. The van der Waals surface area contributed by atoms with Gasteiger partial charge < -0.3 is 18.9 Å². The van der Waals surface area contributed by atoms with Gasteiger partial charge in [0.2, 0.25) is 11.1 Å². The van der Waals surface area contributed by atoms with Gasteiger partial charge in [0.25, 0.3) is 0 Å². The van der Waals surface area contributed by atoms with Crippen molar-refractivity contribution in [3.05, 3.63) is 58.7 Å². The number of rotatable bonds is 6. The Kier molecular flexibility index (Phi) is 8.35. The van der Waals surface area contributed by atoms with Gasteiger partial charge in [0.1, 0.15) is 11.5 Å². The van der Waals surface area contributed by atoms with Crippen LogP contribution < -0.4 is 9.47 Å². The van der Waals surface area contributed by atoms with E-state index in [0.29, 0.717) is 11.1 Å². The first-order chi connectivity index (χ1) is 14.8. The summed E-state index contributed by atoms with van der Waals surface area (Å²) in [5, 5.41) is 0. The fourth-order valence-electron chi connectivity index (χ4n) is 3.24. The summed E-state index contributed by atoms with van der Waals surface area (Å²) in [7, 11) is 3.22. The van der Waals surface area contributed by atoms with E-state index in [2.05, 4.69) is 41.5 Å². The van der Waals surface area contributed by atoms with Crippen molar-refractivity contribution in [2.75, 3.05) is 14.2 Å². The van der Waals surface area contributed by atoms with Gasteiger partial charge in [-0.25, -0.2) is 4.79 Å². The molecule has 0 spiro atoms. The van der Waals surface area contributed by atoms with E-state index in [1.54, 1.807) is 38.5 Å². The fourth-order valence-corrected chi connectivity index (χ4v) is 3.66. The first-order valence-electron chi connectivity index (χ1n) is 10.3. The summed E-state index contributed by atoms with van der Waals surface area (Å²) in [5.74, 6) is 1.48. The Balaban J connectivity index is 2.14. The standard InChI is InChI=1S/C25H32Cl2O5/c1-24(2,3)17-13-15(9-11-19(17)29-7)21(26)31-23(28)32-22(27)16-10-12-20(30-8)18(14-16)25(4,5)6/h9-14,21-22H,1-8H3. The molecule has 0 fully saturated rings. The minimum Gasteiger partial charge on any atom is -0.496 e. The summed E-state index contributed by atoms with van der Waals surface area (Å²) >= 11 is 12.7. The molecule has 0 aliphatic carbocycles. The van der Waals surface area contributed by atoms with E-state index in [4.69, 9.17) is 42.1 Å². The van der Waals surface area contributed by atoms with Gasteiger partial charge in [-0.1, -0.05) is 76.9 Å². The zero-order valence-corrected chi connectivity index (χ0v) is 21.4. The number of benzene rings is 2. The average molecular weight is 483 g/mol. The predicted octanol–water partition coefficient (Wildman–Crippen LogP) is 7.63. The number of halogens is 2. The smallest absolute Gasteiger partial charge is 0.496 e. The van der Waals surface area contributed by atoms with E-state index in [-0.39, 0.29) is 10.8 Å². The second kappa shape index (κ2) is 10.2. The number of ether oxygens (including phenoxy) is 4. The topological polar surface area (TPSA) is 54.0 Å². The molecule has 0 N–H and O–H groups in total. The van der Waals surface area contributed by atoms with Gasteiger partial charge in [-0.3, -0.25) is 0 Å². The van der Waals surface area contributed by atoms with Crippen molar-refractivity contribution in [1.29, 1.82) is 0 Å². The van der Waals surface area contributed by atoms with Crippen LogP contribution in [0.25, 0.3) is 0 Å². The lowest BCUT2D eigenvalue weighted by molar-refractivity contribution is 0.0360. The Morgan fingerprint density at radius 1 is 0.719 bits per heavy atom. The minimum atomic E-state index is -1.04. The van der Waals surface area contributed by atoms with Crippen molar-refractivity contribution in [2.24, 2.45) is 0 Å². The van der Waals surface area contributed by atoms with Crippen molar-refractivity contribution in [3.63, 3.8) is 0 Å². The Morgan fingerprint density at radius 3 is 1.34 bits per heavy atom. The third kappa shape index (κ3) is 6.46. The number of hydrogen-bond donors (Lipinski definition) is 0. The summed E-state index contributed by atoms with van der Waals surface area (Å²) in [6.07, 6.45) is -0.966. The molecule has 0 saturated carbocycles. The second-order valence-corrected chi connectivity index (χ2v) is 10.3. The summed E-state index contributed by atoms with van der Waals surface area (Å²) in [6, 6.07) is 10.8. The predicted molar refractivity (Wildman–Crippen MR) is 128 cm³/mol. The molecule has 0 aromatic heterocycles. The number of alkyl halides is 2. The van der Waals surface area contributed by atoms with Crippen LogP contribution in [0.5, 0.6) is 11.5 Å². The van der Waals surface area contributed by atoms with E-state index in [1.807, 2.05) is 12.1 Å². The van der Waals surface area contributed by atoms with Crippen LogP contribution in [-0.4, -0.2) is 20.4 Å². The van der Waals surface area contributed by atoms with Crippen LogP contribution in [0.3, 0.4) is 0 Å². The molecule has 7 heteroatoms. The molecule has 0 amide bonds. The second-order valence-electron chi connectivity index (χ2n) is 9.54. The van der Waals surface area contributed by atoms with Crippen LogP contribution in [-0.2, 0) is 20.3 Å². The van der Waals surface area contributed by atoms with Gasteiger partial charge in [-0.05, 0) is 46.2 Å². The summed E-state index contributed by atoms with van der Waals surface area (Å²) < 4.78 is 21.4. The fraction of sp³-hybridized carbons (Fsp3) is 0.480. The number of hydrogen-bond acceptors (Lipinski definition) is 5. The number of carbonyl (C=O) groups is 1. The molecular weight excluding hydrogens is 451 g/mol. The highest BCUT2D eigenvalue weighted by Crippen LogP contribution is 2.37. The highest BCUT2D eigenvalue weighted by Gasteiger charge is 2.25. The van der Waals surface area contributed by atoms with Gasteiger partial charge in [-0.2, -0.15) is 0 Å². The normalized spacial score (nSPS) is 13.8. The van der Waals surface area contributed by atoms with E-state index in [9.17, 15) is 4.79 Å². The minimum absolute atomic E-state index is 0.182. The van der Waals surface area contributed by atoms with Gasteiger partial charge in [0.05, 0.1) is 14.2 Å². The molecular formula is C25H32Cl2O5. The average Bonchev–Trinajstić information content (AvgIpc) is 2.71. The lowest BCUT2D eigenvalue weighted by Crippen LogP contribution is -2.16. The molecule has 0 aliphatic rings. The highest BCUT2D eigenvalue weighted by molar-refractivity contribution is 6.21. The van der Waals surface area contributed by atoms with Crippen LogP contribution in [0, 0.1) is 0 Å². The molecule has 0 saturated heterocycles. The first-order valence-corrected chi connectivity index (χ1v) is 11.2. The summed E-state index contributed by atoms with van der Waals surface area (Å²) in [5.41, 5.74) is 0.669. The van der Waals surface area contributed by atoms with Crippen molar-refractivity contribution in [3.8, 4) is 11.5 Å². The molecule has 176 valence electrons. The van der Waals surface area contributed by atoms with Crippen LogP contribution in [0.2, 0.25) is 0 Å². The SMILES string of the molecule is COc1ccc(C(Cl)OC(=O)OC(Cl)c2ccc(OC)c(C(C)(C)C)c2)cc1C(C)(C)C. The molecule has 5 nitrogen and oxygen atoms in total. The van der Waals surface area contributed by atoms with Crippen LogP contribution in [0.1, 0.15) is 74.9 Å². The van der Waals surface area contributed by atoms with Crippen LogP contribution in [0.4, 0.5) is 4.79 Å². The van der Waals surface area contributed by atoms with Gasteiger partial charge in [0.15, 0.2) is 0 Å². The van der Waals surface area contributed by atoms with Gasteiger partial charge in [0, 0.05) is 11.1 Å². The van der Waals surface area contributed by atoms with Crippen molar-refractivity contribution in [1.82, 2.24) is 0 Å². The Labute approximate surface area is 200 Å². The van der Waals surface area contributed by atoms with Crippen molar-refractivity contribution >= 4 is 29.4 Å². The van der Waals surface area contributed by atoms with Gasteiger partial charge >= 0.3 is 6.16 Å². The molecule has 2 aromatic rings. The highest BCUT2D eigenvalue weighted by atomic mass is 35.5. The third-order valence-corrected chi connectivity index (χ3v) is 5.67. The van der Waals surface area contributed by atoms with Gasteiger partial charge in [-0.15, -0.1) is 0 Å². The lowest BCUT2D eigenvalue weighted by Gasteiger charge is -2.24. The Hall–Kier alpha value is -2.11. The number of carbonyl (C=O) groups excluding carboxylic acids is 1. The first kappa shape index (κ1) is 26.1. The summed E-state index contributed by atoms with van der Waals surface area (Å²) in [6.45, 7) is 12.4. The third-order valence-electron chi connectivity index (χ3n) is 4.99.